The zero-order valence-corrected chi connectivity index (χ0v) is 12.6. The molecular formula is C17H18N4O2. The lowest BCUT2D eigenvalue weighted by atomic mass is 10.1. The SMILES string of the molecule is NC(=O)CCN1Cc2cc(Oc3ccccc3)ccc2N=C1N. The van der Waals surface area contributed by atoms with Crippen LogP contribution in [-0.2, 0) is 11.3 Å². The molecule has 0 bridgehead atoms. The fourth-order valence-corrected chi connectivity index (χ4v) is 2.41. The molecule has 23 heavy (non-hydrogen) atoms. The molecule has 0 spiro atoms. The number of para-hydroxylation sites is 1. The number of benzene rings is 2. The van der Waals surface area contributed by atoms with Crippen molar-refractivity contribution in [3.05, 3.63) is 54.1 Å². The first-order chi connectivity index (χ1) is 11.1. The fourth-order valence-electron chi connectivity index (χ4n) is 2.41. The van der Waals surface area contributed by atoms with Gasteiger partial charge in [0.05, 0.1) is 5.69 Å². The van der Waals surface area contributed by atoms with Crippen LogP contribution in [0.25, 0.3) is 0 Å². The second kappa shape index (κ2) is 6.39. The van der Waals surface area contributed by atoms with Gasteiger partial charge in [-0.05, 0) is 30.3 Å². The van der Waals surface area contributed by atoms with Gasteiger partial charge in [0, 0.05) is 25.1 Å². The van der Waals surface area contributed by atoms with Crippen LogP contribution in [0.15, 0.2) is 53.5 Å². The molecule has 4 N–H and O–H groups in total. The van der Waals surface area contributed by atoms with Crippen molar-refractivity contribution in [2.45, 2.75) is 13.0 Å². The molecule has 0 unspecified atom stereocenters. The Morgan fingerprint density at radius 1 is 1.17 bits per heavy atom. The molecule has 0 saturated heterocycles. The molecule has 1 aliphatic rings. The first-order valence-corrected chi connectivity index (χ1v) is 7.35. The van der Waals surface area contributed by atoms with Crippen molar-refractivity contribution < 1.29 is 9.53 Å². The minimum Gasteiger partial charge on any atom is -0.457 e. The lowest BCUT2D eigenvalue weighted by Crippen LogP contribution is -2.40. The lowest BCUT2D eigenvalue weighted by Gasteiger charge is -2.28. The lowest BCUT2D eigenvalue weighted by molar-refractivity contribution is -0.118. The Hall–Kier alpha value is -3.02. The van der Waals surface area contributed by atoms with Crippen molar-refractivity contribution in [3.8, 4) is 11.5 Å². The van der Waals surface area contributed by atoms with Gasteiger partial charge in [0.25, 0.3) is 0 Å². The number of ether oxygens (including phenoxy) is 1. The number of fused-ring (bicyclic) bond motifs is 1. The van der Waals surface area contributed by atoms with Gasteiger partial charge in [-0.25, -0.2) is 4.99 Å². The van der Waals surface area contributed by atoms with Gasteiger partial charge in [-0.3, -0.25) is 4.79 Å². The van der Waals surface area contributed by atoms with Crippen LogP contribution in [0, 0.1) is 0 Å². The highest BCUT2D eigenvalue weighted by atomic mass is 16.5. The smallest absolute Gasteiger partial charge is 0.219 e. The molecular weight excluding hydrogens is 292 g/mol. The largest absolute Gasteiger partial charge is 0.457 e. The summed E-state index contributed by atoms with van der Waals surface area (Å²) in [7, 11) is 0. The fraction of sp³-hybridized carbons (Fsp3) is 0.176. The third-order valence-electron chi connectivity index (χ3n) is 3.58. The summed E-state index contributed by atoms with van der Waals surface area (Å²) in [6.07, 6.45) is 0.242. The maximum atomic E-state index is 10.9. The van der Waals surface area contributed by atoms with Crippen molar-refractivity contribution in [1.29, 1.82) is 0 Å². The maximum absolute atomic E-state index is 10.9. The van der Waals surface area contributed by atoms with E-state index in [1.807, 2.05) is 53.4 Å². The average Bonchev–Trinajstić information content (AvgIpc) is 2.54. The summed E-state index contributed by atoms with van der Waals surface area (Å²) in [6.45, 7) is 1.03. The Bertz CT molecular complexity index is 744. The Morgan fingerprint density at radius 2 is 1.96 bits per heavy atom. The molecule has 0 aromatic heterocycles. The van der Waals surface area contributed by atoms with Gasteiger partial charge in [0.1, 0.15) is 11.5 Å². The van der Waals surface area contributed by atoms with Crippen LogP contribution < -0.4 is 16.2 Å². The normalized spacial score (nSPS) is 13.2. The van der Waals surface area contributed by atoms with Gasteiger partial charge in [-0.2, -0.15) is 0 Å². The third-order valence-corrected chi connectivity index (χ3v) is 3.58. The van der Waals surface area contributed by atoms with Crippen LogP contribution in [0.5, 0.6) is 11.5 Å². The molecule has 118 valence electrons. The molecule has 1 amide bonds. The quantitative estimate of drug-likeness (QED) is 0.884. The number of nitrogens with zero attached hydrogens (tertiary/aromatic N) is 2. The summed E-state index contributed by atoms with van der Waals surface area (Å²) >= 11 is 0. The van der Waals surface area contributed by atoms with Gasteiger partial charge in [0.2, 0.25) is 5.91 Å². The monoisotopic (exact) mass is 310 g/mol. The molecule has 0 radical (unpaired) electrons. The summed E-state index contributed by atoms with van der Waals surface area (Å²) in [4.78, 5) is 17.1. The van der Waals surface area contributed by atoms with E-state index in [0.29, 0.717) is 19.0 Å². The van der Waals surface area contributed by atoms with E-state index in [4.69, 9.17) is 16.2 Å². The molecule has 6 heteroatoms. The number of carbonyl (C=O) groups excluding carboxylic acids is 1. The summed E-state index contributed by atoms with van der Waals surface area (Å²) in [6, 6.07) is 15.3. The summed E-state index contributed by atoms with van der Waals surface area (Å²) < 4.78 is 5.83. The van der Waals surface area contributed by atoms with Crippen molar-refractivity contribution in [1.82, 2.24) is 4.90 Å². The van der Waals surface area contributed by atoms with E-state index < -0.39 is 0 Å². The number of primary amides is 1. The van der Waals surface area contributed by atoms with Gasteiger partial charge in [-0.15, -0.1) is 0 Å². The number of carbonyl (C=O) groups is 1. The average molecular weight is 310 g/mol. The van der Waals surface area contributed by atoms with Crippen LogP contribution >= 0.6 is 0 Å². The Kier molecular flexibility index (Phi) is 4.14. The zero-order chi connectivity index (χ0) is 16.2. The Labute approximate surface area is 134 Å². The number of hydrogen-bond acceptors (Lipinski definition) is 5. The number of rotatable bonds is 5. The highest BCUT2D eigenvalue weighted by Gasteiger charge is 2.18. The second-order valence-corrected chi connectivity index (χ2v) is 5.31. The minimum atomic E-state index is -0.357. The number of guanidine groups is 1. The topological polar surface area (TPSA) is 93.9 Å². The molecule has 3 rings (SSSR count). The molecule has 2 aromatic rings. The third kappa shape index (κ3) is 3.60. The Morgan fingerprint density at radius 3 is 2.70 bits per heavy atom. The first-order valence-electron chi connectivity index (χ1n) is 7.35. The van der Waals surface area contributed by atoms with Crippen LogP contribution in [-0.4, -0.2) is 23.3 Å². The molecule has 6 nitrogen and oxygen atoms in total. The van der Waals surface area contributed by atoms with Gasteiger partial charge < -0.3 is 21.1 Å². The molecule has 1 aliphatic heterocycles. The van der Waals surface area contributed by atoms with Crippen LogP contribution in [0.1, 0.15) is 12.0 Å². The molecule has 0 atom stereocenters. The van der Waals surface area contributed by atoms with E-state index in [1.165, 1.54) is 0 Å². The molecule has 1 heterocycles. The highest BCUT2D eigenvalue weighted by Crippen LogP contribution is 2.31. The molecule has 0 fully saturated rings. The summed E-state index contributed by atoms with van der Waals surface area (Å²) in [5.41, 5.74) is 12.9. The van der Waals surface area contributed by atoms with Crippen LogP contribution in [0.3, 0.4) is 0 Å². The van der Waals surface area contributed by atoms with Gasteiger partial charge in [0.15, 0.2) is 5.96 Å². The summed E-state index contributed by atoms with van der Waals surface area (Å²) in [5.74, 6) is 1.55. The van der Waals surface area contributed by atoms with Gasteiger partial charge in [-0.1, -0.05) is 18.2 Å². The summed E-state index contributed by atoms with van der Waals surface area (Å²) in [5, 5.41) is 0. The number of aliphatic imine (C=N–C) groups is 1. The van der Waals surface area contributed by atoms with Crippen molar-refractivity contribution in [2.24, 2.45) is 16.5 Å². The zero-order valence-electron chi connectivity index (χ0n) is 12.6. The van der Waals surface area contributed by atoms with Crippen molar-refractivity contribution >= 4 is 17.6 Å². The van der Waals surface area contributed by atoms with E-state index in [-0.39, 0.29) is 12.3 Å². The molecule has 2 aromatic carbocycles. The number of nitrogens with two attached hydrogens (primary N) is 2. The minimum absolute atomic E-state index is 0.242. The predicted molar refractivity (Wildman–Crippen MR) is 88.5 cm³/mol. The number of amides is 1. The number of hydrogen-bond donors (Lipinski definition) is 2. The van der Waals surface area contributed by atoms with Crippen molar-refractivity contribution in [3.63, 3.8) is 0 Å². The highest BCUT2D eigenvalue weighted by molar-refractivity contribution is 5.84. The van der Waals surface area contributed by atoms with Crippen LogP contribution in [0.2, 0.25) is 0 Å². The standard InChI is InChI=1S/C17H18N4O2/c18-16(22)8-9-21-11-12-10-14(6-7-15(12)20-17(21)19)23-13-4-2-1-3-5-13/h1-7,10H,8-9,11H2,(H2,18,22)(H2,19,20). The Balaban J connectivity index is 1.78. The second-order valence-electron chi connectivity index (χ2n) is 5.31. The molecule has 0 aliphatic carbocycles. The molecule has 0 saturated carbocycles. The van der Waals surface area contributed by atoms with Gasteiger partial charge >= 0.3 is 0 Å². The first kappa shape index (κ1) is 14.9. The van der Waals surface area contributed by atoms with E-state index in [2.05, 4.69) is 4.99 Å². The van der Waals surface area contributed by atoms with Crippen molar-refractivity contribution in [2.75, 3.05) is 6.54 Å². The maximum Gasteiger partial charge on any atom is 0.219 e. The van der Waals surface area contributed by atoms with E-state index in [9.17, 15) is 4.79 Å². The van der Waals surface area contributed by atoms with E-state index in [0.717, 1.165) is 22.7 Å². The van der Waals surface area contributed by atoms with E-state index in [1.54, 1.807) is 0 Å². The van der Waals surface area contributed by atoms with E-state index >= 15 is 0 Å². The predicted octanol–water partition coefficient (Wildman–Crippen LogP) is 2.12. The van der Waals surface area contributed by atoms with Crippen LogP contribution in [0.4, 0.5) is 5.69 Å².